The number of ether oxygens (including phenoxy) is 2. The van der Waals surface area contributed by atoms with Crippen molar-refractivity contribution in [1.82, 2.24) is 9.80 Å². The van der Waals surface area contributed by atoms with Crippen LogP contribution in [0, 0.1) is 16.0 Å². The van der Waals surface area contributed by atoms with Crippen LogP contribution in [0.3, 0.4) is 0 Å². The van der Waals surface area contributed by atoms with Crippen molar-refractivity contribution in [2.45, 2.75) is 38.9 Å². The number of benzene rings is 1. The van der Waals surface area contributed by atoms with Gasteiger partial charge in [0.05, 0.1) is 22.8 Å². The predicted molar refractivity (Wildman–Crippen MR) is 117 cm³/mol. The van der Waals surface area contributed by atoms with Gasteiger partial charge in [-0.25, -0.2) is 0 Å². The smallest absolute Gasteiger partial charge is 0.271 e. The number of carbonyl (C=O) groups excluding carboxylic acids is 2. The highest BCUT2D eigenvalue weighted by molar-refractivity contribution is 6.02. The minimum Gasteiger partial charge on any atom is -0.482 e. The number of piperidine rings is 1. The number of hydrogen-bond donors (Lipinski definition) is 0. The van der Waals surface area contributed by atoms with E-state index in [1.54, 1.807) is 4.90 Å². The Morgan fingerprint density at radius 3 is 2.53 bits per heavy atom. The molecule has 0 radical (unpaired) electrons. The summed E-state index contributed by atoms with van der Waals surface area (Å²) in [6.45, 7) is 8.07. The minimum atomic E-state index is -0.528. The number of rotatable bonds is 5. The molecular formula is C22H30N4O6. The molecule has 4 rings (SSSR count). The summed E-state index contributed by atoms with van der Waals surface area (Å²) in [4.78, 5) is 41.5. The SMILES string of the molecule is CC1CN(CC2CCN(C(=O)CN3C(=O)COc4ccc([N+](=O)[O-])cc43)CC2)CC(C)O1. The molecule has 3 aliphatic heterocycles. The predicted octanol–water partition coefficient (Wildman–Crippen LogP) is 1.67. The van der Waals surface area contributed by atoms with Gasteiger partial charge in [0.25, 0.3) is 11.6 Å². The van der Waals surface area contributed by atoms with Crippen LogP contribution < -0.4 is 9.64 Å². The van der Waals surface area contributed by atoms with Gasteiger partial charge >= 0.3 is 0 Å². The van der Waals surface area contributed by atoms with Crippen LogP contribution in [0.25, 0.3) is 0 Å². The van der Waals surface area contributed by atoms with Crippen molar-refractivity contribution in [3.8, 4) is 5.75 Å². The van der Waals surface area contributed by atoms with Crippen molar-refractivity contribution in [3.63, 3.8) is 0 Å². The molecule has 3 heterocycles. The zero-order valence-corrected chi connectivity index (χ0v) is 18.6. The molecule has 2 atom stereocenters. The second-order valence-electron chi connectivity index (χ2n) is 8.98. The van der Waals surface area contributed by atoms with E-state index in [1.807, 2.05) is 0 Å². The number of anilines is 1. The van der Waals surface area contributed by atoms with Crippen LogP contribution in [0.2, 0.25) is 0 Å². The number of hydrogen-bond acceptors (Lipinski definition) is 7. The summed E-state index contributed by atoms with van der Waals surface area (Å²) in [5.74, 6) is 0.377. The van der Waals surface area contributed by atoms with E-state index in [0.717, 1.165) is 32.5 Å². The molecule has 0 saturated carbocycles. The number of fused-ring (bicyclic) bond motifs is 1. The third kappa shape index (κ3) is 5.02. The second kappa shape index (κ2) is 9.41. The van der Waals surface area contributed by atoms with Crippen LogP contribution in [0.15, 0.2) is 18.2 Å². The molecule has 174 valence electrons. The second-order valence-corrected chi connectivity index (χ2v) is 8.98. The van der Waals surface area contributed by atoms with Crippen molar-refractivity contribution in [3.05, 3.63) is 28.3 Å². The Morgan fingerprint density at radius 2 is 1.88 bits per heavy atom. The summed E-state index contributed by atoms with van der Waals surface area (Å²) < 4.78 is 11.2. The van der Waals surface area contributed by atoms with Gasteiger partial charge in [-0.1, -0.05) is 0 Å². The Bertz CT molecular complexity index is 875. The standard InChI is InChI=1S/C22H30N4O6/c1-15-10-23(11-16(2)32-15)12-17-5-7-24(8-6-17)21(27)13-25-19-9-18(26(29)30)3-4-20(19)31-14-22(25)28/h3-4,9,15-17H,5-8,10-14H2,1-2H3. The van der Waals surface area contributed by atoms with E-state index in [0.29, 0.717) is 24.8 Å². The Labute approximate surface area is 187 Å². The summed E-state index contributed by atoms with van der Waals surface area (Å²) in [6, 6.07) is 4.09. The number of non-ortho nitro benzene ring substituents is 1. The minimum absolute atomic E-state index is 0.139. The lowest BCUT2D eigenvalue weighted by molar-refractivity contribution is -0.384. The van der Waals surface area contributed by atoms with E-state index in [2.05, 4.69) is 18.7 Å². The van der Waals surface area contributed by atoms with Crippen LogP contribution >= 0.6 is 0 Å². The molecule has 2 fully saturated rings. The number of likely N-dealkylation sites (tertiary alicyclic amines) is 1. The molecule has 10 heteroatoms. The maximum atomic E-state index is 13.0. The fraction of sp³-hybridized carbons (Fsp3) is 0.636. The van der Waals surface area contributed by atoms with E-state index in [-0.39, 0.29) is 48.5 Å². The molecule has 2 unspecified atom stereocenters. The fourth-order valence-electron chi connectivity index (χ4n) is 4.88. The number of amides is 2. The lowest BCUT2D eigenvalue weighted by Crippen LogP contribution is -2.50. The average molecular weight is 447 g/mol. The first-order valence-electron chi connectivity index (χ1n) is 11.2. The summed E-state index contributed by atoms with van der Waals surface area (Å²) >= 11 is 0. The molecule has 0 spiro atoms. The van der Waals surface area contributed by atoms with E-state index < -0.39 is 4.92 Å². The van der Waals surface area contributed by atoms with Gasteiger partial charge in [0.2, 0.25) is 5.91 Å². The molecule has 32 heavy (non-hydrogen) atoms. The molecule has 1 aromatic rings. The Hall–Kier alpha value is -2.72. The molecule has 2 saturated heterocycles. The Kier molecular flexibility index (Phi) is 6.61. The van der Waals surface area contributed by atoms with Crippen molar-refractivity contribution in [2.75, 3.05) is 50.8 Å². The maximum absolute atomic E-state index is 13.0. The van der Waals surface area contributed by atoms with Gasteiger partial charge < -0.3 is 14.4 Å². The highest BCUT2D eigenvalue weighted by Gasteiger charge is 2.32. The zero-order valence-electron chi connectivity index (χ0n) is 18.6. The Balaban J connectivity index is 1.34. The van der Waals surface area contributed by atoms with Gasteiger partial charge in [0.15, 0.2) is 6.61 Å². The summed E-state index contributed by atoms with van der Waals surface area (Å²) in [7, 11) is 0. The highest BCUT2D eigenvalue weighted by Crippen LogP contribution is 2.35. The lowest BCUT2D eigenvalue weighted by atomic mass is 9.95. The van der Waals surface area contributed by atoms with E-state index in [4.69, 9.17) is 9.47 Å². The number of nitrogens with zero attached hydrogens (tertiary/aromatic N) is 4. The summed E-state index contributed by atoms with van der Waals surface area (Å²) in [5.41, 5.74) is 0.126. The molecule has 0 aromatic heterocycles. The van der Waals surface area contributed by atoms with Crippen molar-refractivity contribution < 1.29 is 24.0 Å². The molecule has 0 N–H and O–H groups in total. The highest BCUT2D eigenvalue weighted by atomic mass is 16.6. The van der Waals surface area contributed by atoms with Crippen LogP contribution in [0.4, 0.5) is 11.4 Å². The van der Waals surface area contributed by atoms with Crippen molar-refractivity contribution in [1.29, 1.82) is 0 Å². The Morgan fingerprint density at radius 1 is 1.19 bits per heavy atom. The van der Waals surface area contributed by atoms with Gasteiger partial charge in [-0.2, -0.15) is 0 Å². The topological polar surface area (TPSA) is 105 Å². The first kappa shape index (κ1) is 22.5. The number of nitro benzene ring substituents is 1. The number of morpholine rings is 1. The van der Waals surface area contributed by atoms with Gasteiger partial charge in [-0.3, -0.25) is 29.5 Å². The van der Waals surface area contributed by atoms with Gasteiger partial charge in [0, 0.05) is 44.9 Å². The quantitative estimate of drug-likeness (QED) is 0.500. The monoisotopic (exact) mass is 446 g/mol. The van der Waals surface area contributed by atoms with Crippen LogP contribution in [0.1, 0.15) is 26.7 Å². The maximum Gasteiger partial charge on any atom is 0.271 e. The first-order chi connectivity index (χ1) is 15.3. The third-order valence-electron chi connectivity index (χ3n) is 6.37. The fourth-order valence-corrected chi connectivity index (χ4v) is 4.88. The first-order valence-corrected chi connectivity index (χ1v) is 11.2. The summed E-state index contributed by atoms with van der Waals surface area (Å²) in [6.07, 6.45) is 2.33. The van der Waals surface area contributed by atoms with Crippen LogP contribution in [-0.2, 0) is 14.3 Å². The van der Waals surface area contributed by atoms with E-state index in [1.165, 1.54) is 23.1 Å². The van der Waals surface area contributed by atoms with Crippen molar-refractivity contribution in [2.24, 2.45) is 5.92 Å². The molecular weight excluding hydrogens is 416 g/mol. The summed E-state index contributed by atoms with van der Waals surface area (Å²) in [5, 5.41) is 11.1. The van der Waals surface area contributed by atoms with Gasteiger partial charge in [-0.15, -0.1) is 0 Å². The largest absolute Gasteiger partial charge is 0.482 e. The van der Waals surface area contributed by atoms with E-state index >= 15 is 0 Å². The lowest BCUT2D eigenvalue weighted by Gasteiger charge is -2.40. The zero-order chi connectivity index (χ0) is 22.8. The molecule has 3 aliphatic rings. The molecule has 0 bridgehead atoms. The van der Waals surface area contributed by atoms with Crippen LogP contribution in [-0.4, -0.2) is 84.6 Å². The normalized spacial score (nSPS) is 24.8. The molecule has 2 amide bonds. The van der Waals surface area contributed by atoms with Gasteiger partial charge in [0.1, 0.15) is 12.3 Å². The van der Waals surface area contributed by atoms with Crippen LogP contribution in [0.5, 0.6) is 5.75 Å². The molecule has 10 nitrogen and oxygen atoms in total. The number of carbonyl (C=O) groups is 2. The third-order valence-corrected chi connectivity index (χ3v) is 6.37. The van der Waals surface area contributed by atoms with E-state index in [9.17, 15) is 19.7 Å². The molecule has 0 aliphatic carbocycles. The molecule has 1 aromatic carbocycles. The van der Waals surface area contributed by atoms with Crippen molar-refractivity contribution >= 4 is 23.2 Å². The average Bonchev–Trinajstić information content (AvgIpc) is 2.75. The van der Waals surface area contributed by atoms with Gasteiger partial charge in [-0.05, 0) is 38.7 Å². The number of nitro groups is 1.